The summed E-state index contributed by atoms with van der Waals surface area (Å²) in [5.41, 5.74) is 0.519. The van der Waals surface area contributed by atoms with Gasteiger partial charge in [0, 0.05) is 39.3 Å². The van der Waals surface area contributed by atoms with Gasteiger partial charge >= 0.3 is 0 Å². The van der Waals surface area contributed by atoms with Crippen LogP contribution in [0.2, 0.25) is 0 Å². The maximum Gasteiger partial charge on any atom is 0.257 e. The molecule has 1 saturated heterocycles. The Morgan fingerprint density at radius 1 is 1.17 bits per heavy atom. The molecular formula is C18H23N5O4S2. The molecule has 0 aliphatic carbocycles. The van der Waals surface area contributed by atoms with Gasteiger partial charge in [-0.3, -0.25) is 9.59 Å². The molecule has 0 radical (unpaired) electrons. The molecule has 0 bridgehead atoms. The topological polar surface area (TPSA) is 96.9 Å². The van der Waals surface area contributed by atoms with Gasteiger partial charge in [-0.1, -0.05) is 23.1 Å². The predicted octanol–water partition coefficient (Wildman–Crippen LogP) is 1.36. The quantitative estimate of drug-likeness (QED) is 0.649. The number of benzene rings is 1. The average molecular weight is 438 g/mol. The molecule has 2 aromatic rings. The molecule has 2 amide bonds. The molecule has 1 fully saturated rings. The first-order valence-corrected chi connectivity index (χ1v) is 10.8. The lowest BCUT2D eigenvalue weighted by atomic mass is 10.1. The van der Waals surface area contributed by atoms with E-state index in [2.05, 4.69) is 20.4 Å². The number of thioether (sulfide) groups is 1. The third-order valence-corrected chi connectivity index (χ3v) is 6.60. The average Bonchev–Trinajstić information content (AvgIpc) is 3.25. The lowest BCUT2D eigenvalue weighted by Crippen LogP contribution is -2.48. The van der Waals surface area contributed by atoms with E-state index >= 15 is 0 Å². The Hall–Kier alpha value is -2.53. The van der Waals surface area contributed by atoms with Crippen LogP contribution in [-0.4, -0.2) is 80.1 Å². The molecule has 1 aliphatic rings. The lowest BCUT2D eigenvalue weighted by Gasteiger charge is -2.34. The highest BCUT2D eigenvalue weighted by molar-refractivity contribution is 8.01. The van der Waals surface area contributed by atoms with Gasteiger partial charge in [-0.05, 0) is 12.1 Å². The van der Waals surface area contributed by atoms with Gasteiger partial charge in [-0.25, -0.2) is 0 Å². The molecular weight excluding hydrogens is 414 g/mol. The fourth-order valence-electron chi connectivity index (χ4n) is 2.83. The molecule has 1 aromatic carbocycles. The summed E-state index contributed by atoms with van der Waals surface area (Å²) in [5.74, 6) is 1.34. The molecule has 11 heteroatoms. The number of hydrogen-bond acceptors (Lipinski definition) is 9. The Balaban J connectivity index is 1.59. The first-order valence-electron chi connectivity index (χ1n) is 8.98. The summed E-state index contributed by atoms with van der Waals surface area (Å²) in [5, 5.41) is 11.7. The van der Waals surface area contributed by atoms with E-state index in [-0.39, 0.29) is 11.8 Å². The zero-order valence-electron chi connectivity index (χ0n) is 16.5. The first kappa shape index (κ1) is 21.2. The minimum atomic E-state index is -0.0664. The van der Waals surface area contributed by atoms with Crippen molar-refractivity contribution in [2.24, 2.45) is 0 Å². The van der Waals surface area contributed by atoms with Crippen molar-refractivity contribution in [3.63, 3.8) is 0 Å². The highest BCUT2D eigenvalue weighted by Crippen LogP contribution is 2.29. The Morgan fingerprint density at radius 3 is 2.59 bits per heavy atom. The van der Waals surface area contributed by atoms with E-state index in [1.165, 1.54) is 23.1 Å². The molecule has 1 aromatic heterocycles. The highest BCUT2D eigenvalue weighted by Gasteiger charge is 2.26. The summed E-state index contributed by atoms with van der Waals surface area (Å²) in [4.78, 5) is 28.2. The Kier molecular flexibility index (Phi) is 7.15. The van der Waals surface area contributed by atoms with Gasteiger partial charge in [0.2, 0.25) is 11.0 Å². The van der Waals surface area contributed by atoms with Crippen molar-refractivity contribution in [3.8, 4) is 11.5 Å². The molecule has 0 unspecified atom stereocenters. The second-order valence-corrected chi connectivity index (χ2v) is 8.34. The van der Waals surface area contributed by atoms with Crippen LogP contribution in [0, 0.1) is 0 Å². The summed E-state index contributed by atoms with van der Waals surface area (Å²) in [6.45, 7) is 2.49. The summed E-state index contributed by atoms with van der Waals surface area (Å²) < 4.78 is 11.3. The summed E-state index contributed by atoms with van der Waals surface area (Å²) in [6.07, 6.45) is 0. The number of piperazine rings is 1. The maximum atomic E-state index is 12.9. The number of carbonyl (C=O) groups excluding carboxylic acids is 2. The Morgan fingerprint density at radius 2 is 1.93 bits per heavy atom. The van der Waals surface area contributed by atoms with Gasteiger partial charge in [0.05, 0.1) is 25.5 Å². The molecule has 0 atom stereocenters. The van der Waals surface area contributed by atoms with Crippen molar-refractivity contribution < 1.29 is 19.1 Å². The minimum Gasteiger partial charge on any atom is -0.497 e. The molecule has 29 heavy (non-hydrogen) atoms. The highest BCUT2D eigenvalue weighted by atomic mass is 32.2. The van der Waals surface area contributed by atoms with Crippen LogP contribution in [0.5, 0.6) is 11.5 Å². The second kappa shape index (κ2) is 9.79. The number of methoxy groups -OCH3 is 2. The van der Waals surface area contributed by atoms with E-state index in [9.17, 15) is 9.59 Å². The monoisotopic (exact) mass is 437 g/mol. The van der Waals surface area contributed by atoms with Crippen molar-refractivity contribution in [1.82, 2.24) is 20.4 Å². The SMILES string of the molecule is CNC(=O)CSc1nnc(N2CCN(C(=O)c3ccc(OC)cc3OC)CC2)s1. The lowest BCUT2D eigenvalue weighted by molar-refractivity contribution is -0.118. The molecule has 0 spiro atoms. The number of hydrogen-bond donors (Lipinski definition) is 1. The maximum absolute atomic E-state index is 12.9. The fourth-order valence-corrected chi connectivity index (χ4v) is 4.60. The van der Waals surface area contributed by atoms with E-state index in [1.54, 1.807) is 39.5 Å². The van der Waals surface area contributed by atoms with Crippen LogP contribution in [0.4, 0.5) is 5.13 Å². The summed E-state index contributed by atoms with van der Waals surface area (Å²) in [6, 6.07) is 5.20. The van der Waals surface area contributed by atoms with Crippen molar-refractivity contribution in [2.45, 2.75) is 4.34 Å². The van der Waals surface area contributed by atoms with Crippen molar-refractivity contribution in [1.29, 1.82) is 0 Å². The van der Waals surface area contributed by atoms with Crippen LogP contribution >= 0.6 is 23.1 Å². The van der Waals surface area contributed by atoms with Crippen molar-refractivity contribution in [3.05, 3.63) is 23.8 Å². The summed E-state index contributed by atoms with van der Waals surface area (Å²) in [7, 11) is 4.72. The van der Waals surface area contributed by atoms with Crippen LogP contribution in [-0.2, 0) is 4.79 Å². The Bertz CT molecular complexity index is 868. The van der Waals surface area contributed by atoms with Gasteiger partial charge in [0.1, 0.15) is 11.5 Å². The van der Waals surface area contributed by atoms with Gasteiger partial charge in [-0.15, -0.1) is 10.2 Å². The standard InChI is InChI=1S/C18H23N5O4S2/c1-19-15(24)11-28-18-21-20-17(29-18)23-8-6-22(7-9-23)16(25)13-5-4-12(26-2)10-14(13)27-3/h4-5,10H,6-9,11H2,1-3H3,(H,19,24). The number of anilines is 1. The number of nitrogens with zero attached hydrogens (tertiary/aromatic N) is 4. The smallest absolute Gasteiger partial charge is 0.257 e. The molecule has 1 aliphatic heterocycles. The number of aromatic nitrogens is 2. The molecule has 1 N–H and O–H groups in total. The molecule has 156 valence electrons. The van der Waals surface area contributed by atoms with Gasteiger partial charge in [0.25, 0.3) is 5.91 Å². The molecule has 3 rings (SSSR count). The second-order valence-electron chi connectivity index (χ2n) is 6.16. The zero-order valence-corrected chi connectivity index (χ0v) is 18.1. The number of amides is 2. The van der Waals surface area contributed by atoms with E-state index in [1.807, 2.05) is 4.90 Å². The van der Waals surface area contributed by atoms with Crippen LogP contribution < -0.4 is 19.7 Å². The van der Waals surface area contributed by atoms with E-state index in [4.69, 9.17) is 9.47 Å². The number of ether oxygens (including phenoxy) is 2. The van der Waals surface area contributed by atoms with Crippen molar-refractivity contribution >= 4 is 40.0 Å². The fraction of sp³-hybridized carbons (Fsp3) is 0.444. The third kappa shape index (κ3) is 5.10. The van der Waals surface area contributed by atoms with Crippen LogP contribution in [0.15, 0.2) is 22.5 Å². The van der Waals surface area contributed by atoms with Crippen LogP contribution in [0.25, 0.3) is 0 Å². The normalized spacial score (nSPS) is 13.9. The number of carbonyl (C=O) groups is 2. The van der Waals surface area contributed by atoms with Gasteiger partial charge in [-0.2, -0.15) is 0 Å². The van der Waals surface area contributed by atoms with E-state index in [0.717, 1.165) is 9.47 Å². The third-order valence-electron chi connectivity index (χ3n) is 4.48. The number of rotatable bonds is 7. The molecule has 2 heterocycles. The van der Waals surface area contributed by atoms with E-state index < -0.39 is 0 Å². The van der Waals surface area contributed by atoms with Gasteiger partial charge in [0.15, 0.2) is 4.34 Å². The largest absolute Gasteiger partial charge is 0.497 e. The predicted molar refractivity (Wildman–Crippen MR) is 112 cm³/mol. The van der Waals surface area contributed by atoms with Gasteiger partial charge < -0.3 is 24.6 Å². The van der Waals surface area contributed by atoms with E-state index in [0.29, 0.717) is 49.0 Å². The molecule has 0 saturated carbocycles. The minimum absolute atomic E-state index is 0.0483. The first-order chi connectivity index (χ1) is 14.0. The number of nitrogens with one attached hydrogen (secondary N) is 1. The zero-order chi connectivity index (χ0) is 20.8. The van der Waals surface area contributed by atoms with Crippen LogP contribution in [0.3, 0.4) is 0 Å². The Labute approximate surface area is 177 Å². The summed E-state index contributed by atoms with van der Waals surface area (Å²) >= 11 is 2.82. The van der Waals surface area contributed by atoms with Crippen LogP contribution in [0.1, 0.15) is 10.4 Å². The van der Waals surface area contributed by atoms with Crippen molar-refractivity contribution in [2.75, 3.05) is 58.1 Å². The molecule has 9 nitrogen and oxygen atoms in total.